The van der Waals surface area contributed by atoms with Crippen LogP contribution < -0.4 is 0 Å². The molecular formula is C9H6Cl2S2. The molecule has 0 nitrogen and oxygen atoms in total. The van der Waals surface area contributed by atoms with Crippen molar-refractivity contribution >= 4 is 57.3 Å². The number of alkyl halides is 1. The number of hydrogen-bond donors (Lipinski definition) is 1. The molecule has 0 bridgehead atoms. The Morgan fingerprint density at radius 2 is 2.08 bits per heavy atom. The third-order valence-electron chi connectivity index (χ3n) is 1.79. The van der Waals surface area contributed by atoms with Crippen LogP contribution in [0.2, 0.25) is 5.02 Å². The van der Waals surface area contributed by atoms with E-state index in [1.165, 1.54) is 4.70 Å². The lowest BCUT2D eigenvalue weighted by Crippen LogP contribution is -1.77. The highest BCUT2D eigenvalue weighted by Crippen LogP contribution is 2.33. The van der Waals surface area contributed by atoms with Crippen molar-refractivity contribution in [2.45, 2.75) is 10.1 Å². The number of hydrogen-bond acceptors (Lipinski definition) is 2. The van der Waals surface area contributed by atoms with Gasteiger partial charge in [-0.05, 0) is 29.1 Å². The van der Waals surface area contributed by atoms with Crippen LogP contribution in [-0.2, 0) is 5.88 Å². The Labute approximate surface area is 95.9 Å². The van der Waals surface area contributed by atoms with E-state index in [4.69, 9.17) is 23.2 Å². The van der Waals surface area contributed by atoms with Crippen LogP contribution in [0.5, 0.6) is 0 Å². The second-order valence-electron chi connectivity index (χ2n) is 2.70. The maximum atomic E-state index is 5.93. The zero-order valence-corrected chi connectivity index (χ0v) is 9.77. The summed E-state index contributed by atoms with van der Waals surface area (Å²) in [5.41, 5.74) is 1.08. The van der Waals surface area contributed by atoms with Gasteiger partial charge in [-0.25, -0.2) is 0 Å². The molecule has 0 fully saturated rings. The maximum absolute atomic E-state index is 5.93. The van der Waals surface area contributed by atoms with Crippen molar-refractivity contribution in [2.24, 2.45) is 0 Å². The summed E-state index contributed by atoms with van der Waals surface area (Å²) in [6, 6.07) is 5.84. The van der Waals surface area contributed by atoms with Gasteiger partial charge in [-0.2, -0.15) is 0 Å². The summed E-state index contributed by atoms with van der Waals surface area (Å²) in [6.45, 7) is 0. The number of rotatable bonds is 1. The number of benzene rings is 1. The summed E-state index contributed by atoms with van der Waals surface area (Å²) in [5.74, 6) is 0.491. The summed E-state index contributed by atoms with van der Waals surface area (Å²) < 4.78 is 2.17. The molecule has 0 aliphatic heterocycles. The van der Waals surface area contributed by atoms with Crippen LogP contribution >= 0.6 is 47.2 Å². The van der Waals surface area contributed by atoms with Crippen molar-refractivity contribution < 1.29 is 0 Å². The van der Waals surface area contributed by atoms with Gasteiger partial charge in [0.05, 0.1) is 4.21 Å². The fourth-order valence-corrected chi connectivity index (χ4v) is 3.12. The van der Waals surface area contributed by atoms with Gasteiger partial charge in [0, 0.05) is 15.6 Å². The van der Waals surface area contributed by atoms with Crippen LogP contribution in [0.25, 0.3) is 10.1 Å². The summed E-state index contributed by atoms with van der Waals surface area (Å²) in [5, 5.41) is 1.85. The first-order chi connectivity index (χ1) is 6.20. The molecule has 0 aliphatic rings. The zero-order valence-electron chi connectivity index (χ0n) is 6.55. The third-order valence-corrected chi connectivity index (χ3v) is 3.73. The lowest BCUT2D eigenvalue weighted by atomic mass is 10.2. The molecule has 0 unspecified atom stereocenters. The first kappa shape index (κ1) is 9.66. The molecule has 1 aromatic heterocycles. The van der Waals surface area contributed by atoms with Crippen LogP contribution in [0.1, 0.15) is 5.56 Å². The Morgan fingerprint density at radius 3 is 2.77 bits per heavy atom. The molecule has 0 aliphatic carbocycles. The molecule has 2 rings (SSSR count). The number of thiol groups is 1. The van der Waals surface area contributed by atoms with Gasteiger partial charge in [-0.3, -0.25) is 0 Å². The van der Waals surface area contributed by atoms with Gasteiger partial charge in [0.15, 0.2) is 0 Å². The van der Waals surface area contributed by atoms with E-state index in [1.54, 1.807) is 11.3 Å². The molecule has 1 heterocycles. The Kier molecular flexibility index (Phi) is 2.75. The molecule has 0 N–H and O–H groups in total. The highest BCUT2D eigenvalue weighted by atomic mass is 35.5. The molecule has 68 valence electrons. The van der Waals surface area contributed by atoms with Crippen molar-refractivity contribution in [2.75, 3.05) is 0 Å². The number of fused-ring (bicyclic) bond motifs is 1. The highest BCUT2D eigenvalue weighted by molar-refractivity contribution is 7.83. The van der Waals surface area contributed by atoms with Crippen molar-refractivity contribution in [1.82, 2.24) is 0 Å². The SMILES string of the molecule is Sc1cc2cc(Cl)cc(CCl)c2s1. The van der Waals surface area contributed by atoms with Gasteiger partial charge in [0.2, 0.25) is 0 Å². The lowest BCUT2D eigenvalue weighted by Gasteiger charge is -1.98. The summed E-state index contributed by atoms with van der Waals surface area (Å²) in [4.78, 5) is 0. The highest BCUT2D eigenvalue weighted by Gasteiger charge is 2.05. The molecule has 13 heavy (non-hydrogen) atoms. The molecule has 0 amide bonds. The minimum absolute atomic E-state index is 0.491. The lowest BCUT2D eigenvalue weighted by molar-refractivity contribution is 1.47. The smallest absolute Gasteiger partial charge is 0.0580 e. The van der Waals surface area contributed by atoms with Crippen molar-refractivity contribution in [3.63, 3.8) is 0 Å². The Morgan fingerprint density at radius 1 is 1.31 bits per heavy atom. The van der Waals surface area contributed by atoms with Crippen LogP contribution in [0, 0.1) is 0 Å². The van der Waals surface area contributed by atoms with Crippen LogP contribution in [-0.4, -0.2) is 0 Å². The Bertz CT molecular complexity index is 448. The van der Waals surface area contributed by atoms with Crippen molar-refractivity contribution in [3.8, 4) is 0 Å². The average Bonchev–Trinajstić information content (AvgIpc) is 2.43. The molecule has 2 aromatic rings. The third kappa shape index (κ3) is 1.82. The van der Waals surface area contributed by atoms with Gasteiger partial charge in [-0.1, -0.05) is 11.6 Å². The fourth-order valence-electron chi connectivity index (χ4n) is 1.27. The first-order valence-electron chi connectivity index (χ1n) is 3.67. The van der Waals surface area contributed by atoms with Crippen LogP contribution in [0.4, 0.5) is 0 Å². The maximum Gasteiger partial charge on any atom is 0.0580 e. The monoisotopic (exact) mass is 248 g/mol. The van der Waals surface area contributed by atoms with E-state index in [0.29, 0.717) is 5.88 Å². The molecule has 1 aromatic carbocycles. The second kappa shape index (κ2) is 3.70. The molecular weight excluding hydrogens is 243 g/mol. The normalized spacial score (nSPS) is 11.0. The van der Waals surface area contributed by atoms with Crippen LogP contribution in [0.3, 0.4) is 0 Å². The van der Waals surface area contributed by atoms with E-state index in [9.17, 15) is 0 Å². The summed E-state index contributed by atoms with van der Waals surface area (Å²) in [6.07, 6.45) is 0. The predicted octanol–water partition coefficient (Wildman–Crippen LogP) is 4.58. The average molecular weight is 249 g/mol. The zero-order chi connectivity index (χ0) is 9.42. The molecule has 0 atom stereocenters. The Balaban J connectivity index is 2.80. The fraction of sp³-hybridized carbons (Fsp3) is 0.111. The molecule has 4 heteroatoms. The van der Waals surface area contributed by atoms with Gasteiger partial charge in [0.25, 0.3) is 0 Å². The van der Waals surface area contributed by atoms with Gasteiger partial charge in [-0.15, -0.1) is 35.6 Å². The topological polar surface area (TPSA) is 0 Å². The van der Waals surface area contributed by atoms with Crippen molar-refractivity contribution in [1.29, 1.82) is 0 Å². The van der Waals surface area contributed by atoms with E-state index in [0.717, 1.165) is 20.2 Å². The molecule has 0 saturated heterocycles. The Hall–Kier alpha value is 0.110. The predicted molar refractivity (Wildman–Crippen MR) is 63.6 cm³/mol. The van der Waals surface area contributed by atoms with Crippen molar-refractivity contribution in [3.05, 3.63) is 28.8 Å². The second-order valence-corrected chi connectivity index (χ2v) is 5.24. The van der Waals surface area contributed by atoms with E-state index in [-0.39, 0.29) is 0 Å². The molecule has 0 saturated carbocycles. The molecule has 0 spiro atoms. The van der Waals surface area contributed by atoms with E-state index >= 15 is 0 Å². The van der Waals surface area contributed by atoms with E-state index < -0.39 is 0 Å². The summed E-state index contributed by atoms with van der Waals surface area (Å²) >= 11 is 17.7. The number of thiophene rings is 1. The molecule has 0 radical (unpaired) electrons. The standard InChI is InChI=1S/C9H6Cl2S2/c10-4-6-2-7(11)1-5-3-8(12)13-9(5)6/h1-3,12H,4H2. The largest absolute Gasteiger partial charge is 0.133 e. The van der Waals surface area contributed by atoms with E-state index in [2.05, 4.69) is 12.6 Å². The minimum atomic E-state index is 0.491. The van der Waals surface area contributed by atoms with E-state index in [1.807, 2.05) is 18.2 Å². The van der Waals surface area contributed by atoms with Gasteiger partial charge >= 0.3 is 0 Å². The first-order valence-corrected chi connectivity index (χ1v) is 5.85. The van der Waals surface area contributed by atoms with Crippen LogP contribution in [0.15, 0.2) is 22.4 Å². The number of halogens is 2. The summed E-state index contributed by atoms with van der Waals surface area (Å²) in [7, 11) is 0. The minimum Gasteiger partial charge on any atom is -0.133 e. The van der Waals surface area contributed by atoms with Gasteiger partial charge in [0.1, 0.15) is 0 Å². The quantitative estimate of drug-likeness (QED) is 0.555. The van der Waals surface area contributed by atoms with Gasteiger partial charge < -0.3 is 0 Å².